The fraction of sp³-hybridized carbons (Fsp3) is 0.312. The van der Waals surface area contributed by atoms with Crippen LogP contribution in [0, 0.1) is 12.7 Å². The molecule has 4 nitrogen and oxygen atoms in total. The highest BCUT2D eigenvalue weighted by Gasteiger charge is 2.27. The molecule has 0 saturated heterocycles. The van der Waals surface area contributed by atoms with Gasteiger partial charge in [0.15, 0.2) is 0 Å². The van der Waals surface area contributed by atoms with Crippen LogP contribution in [0.3, 0.4) is 0 Å². The molecule has 0 radical (unpaired) electrons. The normalized spacial score (nSPS) is 17.5. The van der Waals surface area contributed by atoms with Crippen LogP contribution in [0.4, 0.5) is 14.9 Å². The summed E-state index contributed by atoms with van der Waals surface area (Å²) in [4.78, 5) is 14.2. The topological polar surface area (TPSA) is 37.3 Å². The van der Waals surface area contributed by atoms with Gasteiger partial charge in [0, 0.05) is 30.7 Å². The first-order valence-electron chi connectivity index (χ1n) is 7.05. The van der Waals surface area contributed by atoms with E-state index >= 15 is 0 Å². The minimum atomic E-state index is -0.312. The van der Waals surface area contributed by atoms with Crippen molar-refractivity contribution in [2.75, 3.05) is 11.9 Å². The summed E-state index contributed by atoms with van der Waals surface area (Å²) >= 11 is 0. The van der Waals surface area contributed by atoms with Crippen LogP contribution in [0.2, 0.25) is 0 Å². The number of nitrogens with one attached hydrogen (secondary N) is 1. The zero-order valence-electron chi connectivity index (χ0n) is 12.1. The van der Waals surface area contributed by atoms with E-state index in [0.717, 1.165) is 12.2 Å². The van der Waals surface area contributed by atoms with E-state index in [1.807, 2.05) is 25.3 Å². The summed E-state index contributed by atoms with van der Waals surface area (Å²) in [6.45, 7) is 5.12. The minimum absolute atomic E-state index is 0.00375. The molecule has 1 N–H and O–H groups in total. The van der Waals surface area contributed by atoms with E-state index in [9.17, 15) is 9.18 Å². The maximum absolute atomic E-state index is 13.5. The quantitative estimate of drug-likeness (QED) is 0.855. The number of urea groups is 1. The van der Waals surface area contributed by atoms with E-state index in [1.165, 1.54) is 6.07 Å². The summed E-state index contributed by atoms with van der Waals surface area (Å²) in [5.74, 6) is -0.312. The van der Waals surface area contributed by atoms with Crippen LogP contribution < -0.4 is 5.32 Å². The molecule has 1 aromatic heterocycles. The van der Waals surface area contributed by atoms with E-state index in [0.29, 0.717) is 17.8 Å². The number of nitrogens with zero attached hydrogens (tertiary/aromatic N) is 2. The first-order chi connectivity index (χ1) is 10.1. The van der Waals surface area contributed by atoms with Crippen molar-refractivity contribution in [2.45, 2.75) is 26.4 Å². The Bertz CT molecular complexity index is 680. The Hall–Kier alpha value is -2.30. The molecular weight excluding hydrogens is 269 g/mol. The maximum Gasteiger partial charge on any atom is 0.322 e. The van der Waals surface area contributed by atoms with E-state index in [2.05, 4.69) is 9.88 Å². The Morgan fingerprint density at radius 3 is 2.90 bits per heavy atom. The lowest BCUT2D eigenvalue weighted by Crippen LogP contribution is -2.43. The van der Waals surface area contributed by atoms with Crippen molar-refractivity contribution < 1.29 is 9.18 Å². The fourth-order valence-electron chi connectivity index (χ4n) is 2.72. The number of carbonyl (C=O) groups is 1. The zero-order chi connectivity index (χ0) is 15.0. The van der Waals surface area contributed by atoms with Gasteiger partial charge in [-0.25, -0.2) is 9.18 Å². The van der Waals surface area contributed by atoms with Gasteiger partial charge < -0.3 is 14.8 Å². The molecule has 1 atom stereocenters. The highest BCUT2D eigenvalue weighted by atomic mass is 19.1. The number of aryl methyl sites for hydroxylation is 1. The third-order valence-corrected chi connectivity index (χ3v) is 4.03. The number of fused-ring (bicyclic) bond motifs is 1. The highest BCUT2D eigenvalue weighted by Crippen LogP contribution is 2.26. The summed E-state index contributed by atoms with van der Waals surface area (Å²) in [6, 6.07) is 8.55. The van der Waals surface area contributed by atoms with Crippen molar-refractivity contribution in [3.63, 3.8) is 0 Å². The maximum atomic E-state index is 13.5. The van der Waals surface area contributed by atoms with Gasteiger partial charge in [-0.1, -0.05) is 6.07 Å². The number of amides is 2. The van der Waals surface area contributed by atoms with Gasteiger partial charge in [0.1, 0.15) is 5.82 Å². The molecule has 0 bridgehead atoms. The zero-order valence-corrected chi connectivity index (χ0v) is 12.1. The highest BCUT2D eigenvalue weighted by molar-refractivity contribution is 5.89. The van der Waals surface area contributed by atoms with Gasteiger partial charge in [-0.2, -0.15) is 0 Å². The number of halogens is 1. The van der Waals surface area contributed by atoms with Gasteiger partial charge in [0.2, 0.25) is 0 Å². The van der Waals surface area contributed by atoms with E-state index in [4.69, 9.17) is 0 Å². The van der Waals surface area contributed by atoms with Crippen molar-refractivity contribution in [3.8, 4) is 0 Å². The van der Waals surface area contributed by atoms with Crippen LogP contribution in [0.25, 0.3) is 0 Å². The van der Waals surface area contributed by atoms with Crippen molar-refractivity contribution in [2.24, 2.45) is 0 Å². The monoisotopic (exact) mass is 287 g/mol. The Balaban J connectivity index is 1.75. The van der Waals surface area contributed by atoms with E-state index in [-0.39, 0.29) is 17.9 Å². The lowest BCUT2D eigenvalue weighted by atomic mass is 10.1. The molecule has 1 unspecified atom stereocenters. The van der Waals surface area contributed by atoms with Crippen LogP contribution in [0.15, 0.2) is 36.5 Å². The number of benzene rings is 1. The SMILES string of the molecule is Cc1ccc(NC(=O)N2CCn3cccc3C2C)cc1F. The van der Waals surface area contributed by atoms with Crippen molar-refractivity contribution in [1.29, 1.82) is 0 Å². The van der Waals surface area contributed by atoms with Gasteiger partial charge in [0.05, 0.1) is 6.04 Å². The van der Waals surface area contributed by atoms with Crippen LogP contribution in [0.1, 0.15) is 24.2 Å². The summed E-state index contributed by atoms with van der Waals surface area (Å²) < 4.78 is 15.7. The van der Waals surface area contributed by atoms with Gasteiger partial charge in [-0.05, 0) is 43.7 Å². The molecule has 2 aromatic rings. The van der Waals surface area contributed by atoms with Crippen LogP contribution >= 0.6 is 0 Å². The fourth-order valence-corrected chi connectivity index (χ4v) is 2.72. The second-order valence-corrected chi connectivity index (χ2v) is 5.39. The van der Waals surface area contributed by atoms with Gasteiger partial charge in [-0.3, -0.25) is 0 Å². The Morgan fingerprint density at radius 1 is 1.33 bits per heavy atom. The number of hydrogen-bond acceptors (Lipinski definition) is 1. The van der Waals surface area contributed by atoms with Crippen molar-refractivity contribution >= 4 is 11.7 Å². The largest absolute Gasteiger partial charge is 0.348 e. The predicted molar refractivity (Wildman–Crippen MR) is 79.7 cm³/mol. The van der Waals surface area contributed by atoms with Crippen LogP contribution in [0.5, 0.6) is 0 Å². The lowest BCUT2D eigenvalue weighted by molar-refractivity contribution is 0.175. The smallest absolute Gasteiger partial charge is 0.322 e. The Labute approximate surface area is 123 Å². The number of rotatable bonds is 1. The van der Waals surface area contributed by atoms with Crippen LogP contribution in [-0.4, -0.2) is 22.0 Å². The molecule has 3 rings (SSSR count). The number of aromatic nitrogens is 1. The molecule has 0 saturated carbocycles. The number of anilines is 1. The molecule has 0 aliphatic carbocycles. The average Bonchev–Trinajstić information content (AvgIpc) is 2.92. The van der Waals surface area contributed by atoms with Gasteiger partial charge >= 0.3 is 6.03 Å². The van der Waals surface area contributed by atoms with Crippen LogP contribution in [-0.2, 0) is 6.54 Å². The molecule has 1 aliphatic heterocycles. The average molecular weight is 287 g/mol. The molecule has 1 aliphatic rings. The third-order valence-electron chi connectivity index (χ3n) is 4.03. The third kappa shape index (κ3) is 2.51. The van der Waals surface area contributed by atoms with Crippen molar-refractivity contribution in [3.05, 3.63) is 53.6 Å². The lowest BCUT2D eigenvalue weighted by Gasteiger charge is -2.34. The summed E-state index contributed by atoms with van der Waals surface area (Å²) in [7, 11) is 0. The molecule has 110 valence electrons. The molecule has 21 heavy (non-hydrogen) atoms. The molecule has 5 heteroatoms. The second kappa shape index (κ2) is 5.24. The molecule has 1 aromatic carbocycles. The molecule has 0 spiro atoms. The van der Waals surface area contributed by atoms with Crippen molar-refractivity contribution in [1.82, 2.24) is 9.47 Å². The van der Waals surface area contributed by atoms with Gasteiger partial charge in [0.25, 0.3) is 0 Å². The number of carbonyl (C=O) groups excluding carboxylic acids is 1. The molecule has 2 heterocycles. The Morgan fingerprint density at radius 2 is 2.14 bits per heavy atom. The first-order valence-corrected chi connectivity index (χ1v) is 7.05. The number of hydrogen-bond donors (Lipinski definition) is 1. The second-order valence-electron chi connectivity index (χ2n) is 5.39. The van der Waals surface area contributed by atoms with E-state index in [1.54, 1.807) is 24.0 Å². The summed E-state index contributed by atoms with van der Waals surface area (Å²) in [5.41, 5.74) is 2.17. The first kappa shape index (κ1) is 13.7. The molecule has 0 fully saturated rings. The minimum Gasteiger partial charge on any atom is -0.348 e. The molecule has 2 amide bonds. The standard InChI is InChI=1S/C16H18FN3O/c1-11-5-6-13(10-14(11)17)18-16(21)20-9-8-19-7-3-4-15(19)12(20)2/h3-7,10,12H,8-9H2,1-2H3,(H,18,21). The summed E-state index contributed by atoms with van der Waals surface area (Å²) in [6.07, 6.45) is 2.02. The summed E-state index contributed by atoms with van der Waals surface area (Å²) in [5, 5.41) is 2.77. The Kier molecular flexibility index (Phi) is 3.41. The molecular formula is C16H18FN3O. The van der Waals surface area contributed by atoms with E-state index < -0.39 is 0 Å². The predicted octanol–water partition coefficient (Wildman–Crippen LogP) is 3.54. The van der Waals surface area contributed by atoms with Gasteiger partial charge in [-0.15, -0.1) is 0 Å².